The van der Waals surface area contributed by atoms with Crippen LogP contribution in [0.25, 0.3) is 11.4 Å². The van der Waals surface area contributed by atoms with Gasteiger partial charge < -0.3 is 14.9 Å². The topological polar surface area (TPSA) is 88.4 Å². The molecule has 0 spiro atoms. The molecule has 0 saturated heterocycles. The summed E-state index contributed by atoms with van der Waals surface area (Å²) in [6.45, 7) is 0.971. The molecule has 1 heterocycles. The number of phenols is 1. The molecule has 0 amide bonds. The molecule has 1 aromatic heterocycles. The van der Waals surface area contributed by atoms with Gasteiger partial charge in [0.15, 0.2) is 5.82 Å². The molecule has 6 nitrogen and oxygen atoms in total. The fourth-order valence-corrected chi connectivity index (χ4v) is 2.81. The lowest BCUT2D eigenvalue weighted by atomic mass is 10.1. The highest BCUT2D eigenvalue weighted by Gasteiger charge is 2.08. The van der Waals surface area contributed by atoms with E-state index in [9.17, 15) is 5.11 Å². The fourth-order valence-electron chi connectivity index (χ4n) is 2.81. The van der Waals surface area contributed by atoms with Crippen LogP contribution in [0.5, 0.6) is 11.5 Å². The molecule has 0 aliphatic rings. The number of benzene rings is 1. The number of hydrogen-bond acceptors (Lipinski definition) is 6. The van der Waals surface area contributed by atoms with Crippen LogP contribution in [0.1, 0.15) is 57.8 Å². The SMILES string of the molecule is OCCCCCCCCCCCOc1ccc(-c2ncncn2)c(O)c1. The minimum Gasteiger partial charge on any atom is -0.507 e. The molecule has 0 aliphatic heterocycles. The van der Waals surface area contributed by atoms with Crippen molar-refractivity contribution >= 4 is 0 Å². The van der Waals surface area contributed by atoms with Crippen LogP contribution < -0.4 is 4.74 Å². The van der Waals surface area contributed by atoms with E-state index in [0.717, 1.165) is 25.7 Å². The third kappa shape index (κ3) is 7.35. The quantitative estimate of drug-likeness (QED) is 0.523. The molecule has 0 unspecified atom stereocenters. The Morgan fingerprint density at radius 2 is 1.42 bits per heavy atom. The first-order chi connectivity index (χ1) is 12.8. The normalized spacial score (nSPS) is 10.8. The standard InChI is InChI=1S/C20H29N3O3/c24-12-8-6-4-2-1-3-5-7-9-13-26-17-10-11-18(19(25)14-17)20-22-15-21-16-23-20/h10-11,14-16,24-25H,1-9,12-13H2. The predicted octanol–water partition coefficient (Wildman–Crippen LogP) is 4.13. The maximum atomic E-state index is 10.1. The molecule has 1 aromatic carbocycles. The monoisotopic (exact) mass is 359 g/mol. The summed E-state index contributed by atoms with van der Waals surface area (Å²) in [4.78, 5) is 11.8. The molecular formula is C20H29N3O3. The summed E-state index contributed by atoms with van der Waals surface area (Å²) in [5, 5.41) is 18.8. The summed E-state index contributed by atoms with van der Waals surface area (Å²) in [6, 6.07) is 5.19. The molecule has 2 rings (SSSR count). The lowest BCUT2D eigenvalue weighted by Gasteiger charge is -2.08. The minimum atomic E-state index is 0.106. The molecule has 26 heavy (non-hydrogen) atoms. The molecule has 0 radical (unpaired) electrons. The van der Waals surface area contributed by atoms with Crippen molar-refractivity contribution in [2.24, 2.45) is 0 Å². The second kappa shape index (κ2) is 12.2. The van der Waals surface area contributed by atoms with Gasteiger partial charge in [0.05, 0.1) is 12.2 Å². The Labute approximate surface area is 155 Å². The Kier molecular flexibility index (Phi) is 9.43. The number of nitrogens with zero attached hydrogens (tertiary/aromatic N) is 3. The molecular weight excluding hydrogens is 330 g/mol. The summed E-state index contributed by atoms with van der Waals surface area (Å²) in [5.41, 5.74) is 0.568. The Hall–Kier alpha value is -2.21. The number of aliphatic hydroxyl groups is 1. The predicted molar refractivity (Wildman–Crippen MR) is 101 cm³/mol. The fraction of sp³-hybridized carbons (Fsp3) is 0.550. The molecule has 0 atom stereocenters. The van der Waals surface area contributed by atoms with Gasteiger partial charge >= 0.3 is 0 Å². The molecule has 0 bridgehead atoms. The first-order valence-corrected chi connectivity index (χ1v) is 9.50. The smallest absolute Gasteiger partial charge is 0.166 e. The summed E-state index contributed by atoms with van der Waals surface area (Å²) in [6.07, 6.45) is 13.3. The second-order valence-corrected chi connectivity index (χ2v) is 6.39. The summed E-state index contributed by atoms with van der Waals surface area (Å²) < 4.78 is 5.71. The summed E-state index contributed by atoms with van der Waals surface area (Å²) >= 11 is 0. The van der Waals surface area contributed by atoms with E-state index in [1.165, 1.54) is 44.8 Å². The van der Waals surface area contributed by atoms with Gasteiger partial charge in [0, 0.05) is 12.7 Å². The van der Waals surface area contributed by atoms with E-state index in [1.807, 2.05) is 6.07 Å². The van der Waals surface area contributed by atoms with Gasteiger partial charge in [-0.1, -0.05) is 44.9 Å². The average Bonchev–Trinajstić information content (AvgIpc) is 2.67. The molecule has 0 fully saturated rings. The molecule has 2 N–H and O–H groups in total. The van der Waals surface area contributed by atoms with Gasteiger partial charge in [-0.25, -0.2) is 15.0 Å². The van der Waals surface area contributed by atoms with Crippen LogP contribution in [0, 0.1) is 0 Å². The number of ether oxygens (including phenoxy) is 1. The van der Waals surface area contributed by atoms with Crippen LogP contribution in [-0.2, 0) is 0 Å². The lowest BCUT2D eigenvalue weighted by molar-refractivity contribution is 0.282. The van der Waals surface area contributed by atoms with E-state index in [1.54, 1.807) is 12.1 Å². The van der Waals surface area contributed by atoms with Crippen LogP contribution in [0.15, 0.2) is 30.9 Å². The van der Waals surface area contributed by atoms with Crippen molar-refractivity contribution in [3.8, 4) is 22.9 Å². The molecule has 0 aliphatic carbocycles. The Balaban J connectivity index is 1.58. The van der Waals surface area contributed by atoms with Gasteiger partial charge in [-0.3, -0.25) is 0 Å². The van der Waals surface area contributed by atoms with Crippen molar-refractivity contribution < 1.29 is 14.9 Å². The van der Waals surface area contributed by atoms with Gasteiger partial charge in [-0.05, 0) is 25.0 Å². The van der Waals surface area contributed by atoms with E-state index in [-0.39, 0.29) is 5.75 Å². The van der Waals surface area contributed by atoms with E-state index >= 15 is 0 Å². The lowest BCUT2D eigenvalue weighted by Crippen LogP contribution is -1.98. The zero-order valence-corrected chi connectivity index (χ0v) is 15.3. The molecule has 142 valence electrons. The Bertz CT molecular complexity index is 623. The van der Waals surface area contributed by atoms with Gasteiger partial charge in [-0.15, -0.1) is 0 Å². The third-order valence-electron chi connectivity index (χ3n) is 4.27. The van der Waals surface area contributed by atoms with Crippen molar-refractivity contribution in [3.63, 3.8) is 0 Å². The average molecular weight is 359 g/mol. The highest BCUT2D eigenvalue weighted by Crippen LogP contribution is 2.30. The highest BCUT2D eigenvalue weighted by molar-refractivity contribution is 5.64. The first kappa shape index (κ1) is 20.1. The second-order valence-electron chi connectivity index (χ2n) is 6.39. The maximum absolute atomic E-state index is 10.1. The van der Waals surface area contributed by atoms with Crippen LogP contribution in [0.2, 0.25) is 0 Å². The number of unbranched alkanes of at least 4 members (excludes halogenated alkanes) is 8. The Morgan fingerprint density at radius 3 is 2.04 bits per heavy atom. The number of phenolic OH excluding ortho intramolecular Hbond substituents is 1. The molecule has 0 saturated carbocycles. The number of aliphatic hydroxyl groups excluding tert-OH is 1. The first-order valence-electron chi connectivity index (χ1n) is 9.50. The van der Waals surface area contributed by atoms with Crippen LogP contribution >= 0.6 is 0 Å². The zero-order chi connectivity index (χ0) is 18.5. The largest absolute Gasteiger partial charge is 0.507 e. The number of aromatic nitrogens is 3. The van der Waals surface area contributed by atoms with Gasteiger partial charge in [0.2, 0.25) is 0 Å². The van der Waals surface area contributed by atoms with E-state index in [4.69, 9.17) is 9.84 Å². The van der Waals surface area contributed by atoms with Crippen molar-refractivity contribution in [2.75, 3.05) is 13.2 Å². The van der Waals surface area contributed by atoms with Crippen molar-refractivity contribution in [1.29, 1.82) is 0 Å². The zero-order valence-electron chi connectivity index (χ0n) is 15.3. The third-order valence-corrected chi connectivity index (χ3v) is 4.27. The van der Waals surface area contributed by atoms with Crippen molar-refractivity contribution in [1.82, 2.24) is 15.0 Å². The molecule has 2 aromatic rings. The van der Waals surface area contributed by atoms with E-state index < -0.39 is 0 Å². The number of rotatable bonds is 13. The van der Waals surface area contributed by atoms with E-state index in [2.05, 4.69) is 15.0 Å². The van der Waals surface area contributed by atoms with Gasteiger partial charge in [-0.2, -0.15) is 0 Å². The van der Waals surface area contributed by atoms with Crippen molar-refractivity contribution in [3.05, 3.63) is 30.9 Å². The van der Waals surface area contributed by atoms with Crippen LogP contribution in [-0.4, -0.2) is 38.4 Å². The van der Waals surface area contributed by atoms with Gasteiger partial charge in [0.25, 0.3) is 0 Å². The van der Waals surface area contributed by atoms with Crippen molar-refractivity contribution in [2.45, 2.75) is 57.8 Å². The molecule has 6 heteroatoms. The van der Waals surface area contributed by atoms with E-state index in [0.29, 0.717) is 30.4 Å². The minimum absolute atomic E-state index is 0.106. The number of aromatic hydroxyl groups is 1. The maximum Gasteiger partial charge on any atom is 0.166 e. The highest BCUT2D eigenvalue weighted by atomic mass is 16.5. The number of hydrogen-bond donors (Lipinski definition) is 2. The summed E-state index contributed by atoms with van der Waals surface area (Å²) in [5.74, 6) is 1.21. The Morgan fingerprint density at radius 1 is 0.808 bits per heavy atom. The van der Waals surface area contributed by atoms with Crippen LogP contribution in [0.3, 0.4) is 0 Å². The van der Waals surface area contributed by atoms with Gasteiger partial charge in [0.1, 0.15) is 24.2 Å². The van der Waals surface area contributed by atoms with Crippen LogP contribution in [0.4, 0.5) is 0 Å². The summed E-state index contributed by atoms with van der Waals surface area (Å²) in [7, 11) is 0.